The lowest BCUT2D eigenvalue weighted by Gasteiger charge is -2.04. The number of thioether (sulfide) groups is 1. The van der Waals surface area contributed by atoms with Crippen LogP contribution in [0.2, 0.25) is 0 Å². The van der Waals surface area contributed by atoms with E-state index in [0.29, 0.717) is 11.0 Å². The number of hydrogen-bond donors (Lipinski definition) is 1. The molecule has 0 aliphatic carbocycles. The number of aliphatic imine (C=N–C) groups is 1. The third kappa shape index (κ3) is 1.77. The largest absolute Gasteiger partial charge is 0.508 e. The Morgan fingerprint density at radius 1 is 1.50 bits per heavy atom. The van der Waals surface area contributed by atoms with Crippen molar-refractivity contribution in [2.24, 2.45) is 4.99 Å². The molecule has 74 valence electrons. The maximum absolute atomic E-state index is 9.39. The molecule has 3 heteroatoms. The molecule has 1 aliphatic rings. The molecular formula is C11H13NOS. The van der Waals surface area contributed by atoms with Crippen LogP contribution in [-0.2, 0) is 0 Å². The van der Waals surface area contributed by atoms with E-state index in [1.165, 1.54) is 0 Å². The molecule has 1 atom stereocenters. The fourth-order valence-electron chi connectivity index (χ4n) is 1.42. The summed E-state index contributed by atoms with van der Waals surface area (Å²) in [4.78, 5) is 4.46. The third-order valence-corrected chi connectivity index (χ3v) is 3.39. The van der Waals surface area contributed by atoms with E-state index in [2.05, 4.69) is 11.9 Å². The molecule has 2 nitrogen and oxygen atoms in total. The average molecular weight is 207 g/mol. The van der Waals surface area contributed by atoms with Gasteiger partial charge in [0, 0.05) is 10.8 Å². The first-order valence-electron chi connectivity index (χ1n) is 4.68. The van der Waals surface area contributed by atoms with Gasteiger partial charge < -0.3 is 5.11 Å². The summed E-state index contributed by atoms with van der Waals surface area (Å²) >= 11 is 1.80. The second kappa shape index (κ2) is 3.65. The van der Waals surface area contributed by atoms with Crippen molar-refractivity contribution in [3.63, 3.8) is 0 Å². The molecule has 0 fully saturated rings. The molecule has 0 aromatic heterocycles. The molecule has 0 saturated heterocycles. The highest BCUT2D eigenvalue weighted by Crippen LogP contribution is 2.27. The summed E-state index contributed by atoms with van der Waals surface area (Å²) in [7, 11) is 0. The van der Waals surface area contributed by atoms with Crippen molar-refractivity contribution >= 4 is 16.8 Å². The molecule has 1 aliphatic heterocycles. The van der Waals surface area contributed by atoms with Crippen molar-refractivity contribution < 1.29 is 5.11 Å². The van der Waals surface area contributed by atoms with Crippen LogP contribution in [0.3, 0.4) is 0 Å². The van der Waals surface area contributed by atoms with Gasteiger partial charge >= 0.3 is 0 Å². The van der Waals surface area contributed by atoms with Gasteiger partial charge in [0.25, 0.3) is 0 Å². The first-order chi connectivity index (χ1) is 6.66. The van der Waals surface area contributed by atoms with E-state index in [1.54, 1.807) is 17.8 Å². The van der Waals surface area contributed by atoms with E-state index in [-0.39, 0.29) is 0 Å². The Balaban J connectivity index is 2.30. The second-order valence-corrected chi connectivity index (χ2v) is 5.00. The van der Waals surface area contributed by atoms with Gasteiger partial charge in [-0.3, -0.25) is 4.99 Å². The summed E-state index contributed by atoms with van der Waals surface area (Å²) in [6.07, 6.45) is 0. The van der Waals surface area contributed by atoms with Crippen molar-refractivity contribution in [3.05, 3.63) is 29.3 Å². The molecule has 14 heavy (non-hydrogen) atoms. The predicted octanol–water partition coefficient (Wildman–Crippen LogP) is 2.58. The van der Waals surface area contributed by atoms with Gasteiger partial charge in [0.05, 0.1) is 11.6 Å². The fraction of sp³-hybridized carbons (Fsp3) is 0.364. The Kier molecular flexibility index (Phi) is 2.50. The van der Waals surface area contributed by atoms with Gasteiger partial charge in [-0.1, -0.05) is 6.92 Å². The lowest BCUT2D eigenvalue weighted by Crippen LogP contribution is -1.95. The number of hydrogen-bond acceptors (Lipinski definition) is 3. The summed E-state index contributed by atoms with van der Waals surface area (Å²) in [6.45, 7) is 4.98. The van der Waals surface area contributed by atoms with Crippen molar-refractivity contribution in [2.75, 3.05) is 6.54 Å². The molecule has 0 bridgehead atoms. The summed E-state index contributed by atoms with van der Waals surface area (Å²) < 4.78 is 0. The SMILES string of the molecule is Cc1cc(C2=NCC(C)S2)ccc1O. The number of phenols is 1. The molecule has 0 amide bonds. The van der Waals surface area contributed by atoms with E-state index in [1.807, 2.05) is 19.1 Å². The zero-order valence-electron chi connectivity index (χ0n) is 8.32. The first kappa shape index (κ1) is 9.59. The molecule has 1 heterocycles. The maximum atomic E-state index is 9.39. The van der Waals surface area contributed by atoms with Crippen molar-refractivity contribution in [1.82, 2.24) is 0 Å². The van der Waals surface area contributed by atoms with Crippen molar-refractivity contribution in [2.45, 2.75) is 19.1 Å². The highest BCUT2D eigenvalue weighted by Gasteiger charge is 2.16. The number of nitrogens with zero attached hydrogens (tertiary/aromatic N) is 1. The number of rotatable bonds is 1. The van der Waals surface area contributed by atoms with Crippen LogP contribution in [0.15, 0.2) is 23.2 Å². The first-order valence-corrected chi connectivity index (χ1v) is 5.56. The Morgan fingerprint density at radius 3 is 2.86 bits per heavy atom. The Morgan fingerprint density at radius 2 is 2.29 bits per heavy atom. The van der Waals surface area contributed by atoms with Crippen LogP contribution in [0, 0.1) is 6.92 Å². The number of aromatic hydroxyl groups is 1. The highest BCUT2D eigenvalue weighted by molar-refractivity contribution is 8.15. The van der Waals surface area contributed by atoms with Crippen LogP contribution in [0.5, 0.6) is 5.75 Å². The molecule has 1 aromatic carbocycles. The van der Waals surface area contributed by atoms with Crippen molar-refractivity contribution in [3.8, 4) is 5.75 Å². The van der Waals surface area contributed by atoms with Gasteiger partial charge in [-0.25, -0.2) is 0 Å². The van der Waals surface area contributed by atoms with E-state index in [9.17, 15) is 5.11 Å². The van der Waals surface area contributed by atoms with Gasteiger partial charge in [-0.2, -0.15) is 0 Å². The summed E-state index contributed by atoms with van der Waals surface area (Å²) in [5, 5.41) is 11.1. The van der Waals surface area contributed by atoms with E-state index < -0.39 is 0 Å². The molecule has 0 radical (unpaired) electrons. The lowest BCUT2D eigenvalue weighted by molar-refractivity contribution is 0.471. The highest BCUT2D eigenvalue weighted by atomic mass is 32.2. The molecule has 0 saturated carbocycles. The number of benzene rings is 1. The molecule has 0 spiro atoms. The quantitative estimate of drug-likeness (QED) is 0.767. The number of aryl methyl sites for hydroxylation is 1. The monoisotopic (exact) mass is 207 g/mol. The fourth-order valence-corrected chi connectivity index (χ4v) is 2.37. The minimum absolute atomic E-state index is 0.352. The van der Waals surface area contributed by atoms with E-state index >= 15 is 0 Å². The summed E-state index contributed by atoms with van der Waals surface area (Å²) in [5.41, 5.74) is 2.03. The Labute approximate surface area is 88.1 Å². The topological polar surface area (TPSA) is 32.6 Å². The lowest BCUT2D eigenvalue weighted by atomic mass is 10.1. The minimum Gasteiger partial charge on any atom is -0.508 e. The smallest absolute Gasteiger partial charge is 0.118 e. The molecular weight excluding hydrogens is 194 g/mol. The second-order valence-electron chi connectivity index (χ2n) is 3.58. The molecule has 1 N–H and O–H groups in total. The molecule has 1 unspecified atom stereocenters. The van der Waals surface area contributed by atoms with Crippen LogP contribution in [0.4, 0.5) is 0 Å². The zero-order chi connectivity index (χ0) is 10.1. The summed E-state index contributed by atoms with van der Waals surface area (Å²) in [5.74, 6) is 0.352. The number of phenolic OH excluding ortho intramolecular Hbond substituents is 1. The third-order valence-electron chi connectivity index (χ3n) is 2.25. The average Bonchev–Trinajstić information content (AvgIpc) is 2.57. The predicted molar refractivity (Wildman–Crippen MR) is 61.3 cm³/mol. The zero-order valence-corrected chi connectivity index (χ0v) is 9.14. The van der Waals surface area contributed by atoms with Gasteiger partial charge in [-0.05, 0) is 30.7 Å². The van der Waals surface area contributed by atoms with Crippen LogP contribution < -0.4 is 0 Å². The standard InChI is InChI=1S/C11H13NOS/c1-7-5-9(3-4-10(7)13)11-12-6-8(2)14-11/h3-5,8,13H,6H2,1-2H3. The van der Waals surface area contributed by atoms with Gasteiger partial charge in [0.2, 0.25) is 0 Å². The maximum Gasteiger partial charge on any atom is 0.118 e. The van der Waals surface area contributed by atoms with Crippen LogP contribution in [0.25, 0.3) is 0 Å². The van der Waals surface area contributed by atoms with Gasteiger partial charge in [-0.15, -0.1) is 11.8 Å². The van der Waals surface area contributed by atoms with Crippen LogP contribution in [0.1, 0.15) is 18.1 Å². The van der Waals surface area contributed by atoms with Crippen LogP contribution >= 0.6 is 11.8 Å². The normalized spacial score (nSPS) is 21.0. The molecule has 1 aromatic rings. The molecule has 2 rings (SSSR count). The Bertz CT molecular complexity index is 387. The summed E-state index contributed by atoms with van der Waals surface area (Å²) in [6, 6.07) is 5.64. The van der Waals surface area contributed by atoms with Crippen LogP contribution in [-0.4, -0.2) is 21.9 Å². The van der Waals surface area contributed by atoms with E-state index in [0.717, 1.165) is 22.7 Å². The van der Waals surface area contributed by atoms with Gasteiger partial charge in [0.15, 0.2) is 0 Å². The Hall–Kier alpha value is -0.960. The van der Waals surface area contributed by atoms with Gasteiger partial charge in [0.1, 0.15) is 5.75 Å². The van der Waals surface area contributed by atoms with Crippen molar-refractivity contribution in [1.29, 1.82) is 0 Å². The van der Waals surface area contributed by atoms with E-state index in [4.69, 9.17) is 0 Å². The minimum atomic E-state index is 0.352.